The molecule has 7 heteroatoms. The third-order valence-corrected chi connectivity index (χ3v) is 3.09. The summed E-state index contributed by atoms with van der Waals surface area (Å²) in [5.41, 5.74) is -0.485. The van der Waals surface area contributed by atoms with Gasteiger partial charge < -0.3 is 10.4 Å². The Bertz CT molecular complexity index is 536. The van der Waals surface area contributed by atoms with Crippen LogP contribution < -0.4 is 5.32 Å². The Balaban J connectivity index is 2.94. The lowest BCUT2D eigenvalue weighted by Gasteiger charge is -2.25. The molecule has 0 radical (unpaired) electrons. The molecule has 0 saturated carbocycles. The van der Waals surface area contributed by atoms with Gasteiger partial charge in [0, 0.05) is 12.1 Å². The molecule has 0 heterocycles. The lowest BCUT2D eigenvalue weighted by atomic mass is 9.83. The van der Waals surface area contributed by atoms with E-state index in [1.165, 1.54) is 31.2 Å². The predicted octanol–water partition coefficient (Wildman–Crippen LogP) is 1.46. The summed E-state index contributed by atoms with van der Waals surface area (Å²) in [6, 6.07) is 4.60. The van der Waals surface area contributed by atoms with E-state index in [0.29, 0.717) is 5.56 Å². The van der Waals surface area contributed by atoms with Gasteiger partial charge in [0.2, 0.25) is 5.91 Å². The van der Waals surface area contributed by atoms with Crippen LogP contribution in [-0.2, 0) is 15.0 Å². The number of amides is 1. The molecule has 1 aromatic carbocycles. The van der Waals surface area contributed by atoms with Gasteiger partial charge >= 0.3 is 5.97 Å². The number of rotatable bonds is 5. The van der Waals surface area contributed by atoms with E-state index in [1.807, 2.05) is 0 Å². The fourth-order valence-corrected chi connectivity index (χ4v) is 1.57. The molecule has 1 rings (SSSR count). The van der Waals surface area contributed by atoms with Crippen molar-refractivity contribution >= 4 is 17.6 Å². The number of carbonyl (C=O) groups is 2. The fourth-order valence-electron chi connectivity index (χ4n) is 1.57. The Morgan fingerprint density at radius 3 is 2.20 bits per heavy atom. The zero-order chi connectivity index (χ0) is 15.5. The van der Waals surface area contributed by atoms with E-state index in [-0.39, 0.29) is 5.69 Å². The van der Waals surface area contributed by atoms with Crippen molar-refractivity contribution in [2.24, 2.45) is 0 Å². The maximum absolute atomic E-state index is 12.1. The van der Waals surface area contributed by atoms with Crippen molar-refractivity contribution in [3.05, 3.63) is 39.9 Å². The van der Waals surface area contributed by atoms with Crippen LogP contribution in [0.5, 0.6) is 0 Å². The van der Waals surface area contributed by atoms with Crippen LogP contribution >= 0.6 is 0 Å². The van der Waals surface area contributed by atoms with E-state index in [0.717, 1.165) is 0 Å². The average molecular weight is 280 g/mol. The third kappa shape index (κ3) is 3.31. The van der Waals surface area contributed by atoms with Crippen LogP contribution in [0.2, 0.25) is 0 Å². The third-order valence-electron chi connectivity index (χ3n) is 3.09. The summed E-state index contributed by atoms with van der Waals surface area (Å²) in [5.74, 6) is -1.58. The van der Waals surface area contributed by atoms with E-state index in [4.69, 9.17) is 5.11 Å². The van der Waals surface area contributed by atoms with Crippen molar-refractivity contribution in [1.29, 1.82) is 0 Å². The molecule has 7 nitrogen and oxygen atoms in total. The van der Waals surface area contributed by atoms with Gasteiger partial charge in [0.15, 0.2) is 0 Å². The number of carboxylic acids is 1. The second kappa shape index (κ2) is 5.68. The molecular weight excluding hydrogens is 264 g/mol. The smallest absolute Gasteiger partial charge is 0.325 e. The van der Waals surface area contributed by atoms with Crippen LogP contribution in [0.15, 0.2) is 24.3 Å². The fraction of sp³-hybridized carbons (Fsp3) is 0.385. The van der Waals surface area contributed by atoms with E-state index in [9.17, 15) is 19.7 Å². The highest BCUT2D eigenvalue weighted by atomic mass is 16.6. The Morgan fingerprint density at radius 1 is 1.30 bits per heavy atom. The first kappa shape index (κ1) is 15.6. The molecule has 1 atom stereocenters. The second-order valence-electron chi connectivity index (χ2n) is 4.96. The number of benzene rings is 1. The van der Waals surface area contributed by atoms with Gasteiger partial charge in [-0.05, 0) is 26.3 Å². The standard InChI is InChI=1S/C13H16N2O5/c1-8(11(16)17)14-12(18)13(2,3)9-4-6-10(7-5-9)15(19)20/h4-8H,1-3H3,(H,14,18)(H,16,17)/t8-/m1/s1. The predicted molar refractivity (Wildman–Crippen MR) is 71.4 cm³/mol. The highest BCUT2D eigenvalue weighted by molar-refractivity contribution is 5.90. The van der Waals surface area contributed by atoms with Gasteiger partial charge in [-0.1, -0.05) is 12.1 Å². The highest BCUT2D eigenvalue weighted by Crippen LogP contribution is 2.25. The van der Waals surface area contributed by atoms with Crippen LogP contribution in [-0.4, -0.2) is 27.9 Å². The van der Waals surface area contributed by atoms with Crippen LogP contribution in [0.3, 0.4) is 0 Å². The van der Waals surface area contributed by atoms with Gasteiger partial charge in [-0.15, -0.1) is 0 Å². The molecule has 0 aliphatic carbocycles. The Morgan fingerprint density at radius 2 is 1.80 bits per heavy atom. The minimum absolute atomic E-state index is 0.0659. The molecule has 0 saturated heterocycles. The molecule has 20 heavy (non-hydrogen) atoms. The minimum atomic E-state index is -1.13. The Labute approximate surface area is 115 Å². The number of nitrogens with zero attached hydrogens (tertiary/aromatic N) is 1. The molecule has 108 valence electrons. The number of hydrogen-bond donors (Lipinski definition) is 2. The molecule has 0 spiro atoms. The monoisotopic (exact) mass is 280 g/mol. The van der Waals surface area contributed by atoms with Gasteiger partial charge in [0.25, 0.3) is 5.69 Å². The summed E-state index contributed by atoms with van der Waals surface area (Å²) in [7, 11) is 0. The van der Waals surface area contributed by atoms with Gasteiger partial charge in [-0.2, -0.15) is 0 Å². The van der Waals surface area contributed by atoms with E-state index >= 15 is 0 Å². The Kier molecular flexibility index (Phi) is 4.44. The van der Waals surface area contributed by atoms with Crippen molar-refractivity contribution < 1.29 is 19.6 Å². The molecule has 0 aliphatic heterocycles. The van der Waals surface area contributed by atoms with Crippen molar-refractivity contribution in [3.63, 3.8) is 0 Å². The van der Waals surface area contributed by atoms with Crippen LogP contribution in [0.25, 0.3) is 0 Å². The van der Waals surface area contributed by atoms with Crippen molar-refractivity contribution in [2.75, 3.05) is 0 Å². The zero-order valence-corrected chi connectivity index (χ0v) is 11.4. The number of non-ortho nitro benzene ring substituents is 1. The summed E-state index contributed by atoms with van der Waals surface area (Å²) >= 11 is 0. The molecule has 0 bridgehead atoms. The largest absolute Gasteiger partial charge is 0.480 e. The van der Waals surface area contributed by atoms with Crippen LogP contribution in [0.1, 0.15) is 26.3 Å². The van der Waals surface area contributed by atoms with Gasteiger partial charge in [-0.3, -0.25) is 19.7 Å². The van der Waals surface area contributed by atoms with E-state index < -0.39 is 28.3 Å². The summed E-state index contributed by atoms with van der Waals surface area (Å²) in [6.45, 7) is 4.61. The van der Waals surface area contributed by atoms with Gasteiger partial charge in [-0.25, -0.2) is 0 Å². The number of carbonyl (C=O) groups excluding carboxylic acids is 1. The Hall–Kier alpha value is -2.44. The topological polar surface area (TPSA) is 110 Å². The van der Waals surface area contributed by atoms with Gasteiger partial charge in [0.1, 0.15) is 6.04 Å². The number of nitrogens with one attached hydrogen (secondary N) is 1. The lowest BCUT2D eigenvalue weighted by Crippen LogP contribution is -2.46. The molecule has 0 unspecified atom stereocenters. The first-order chi connectivity index (χ1) is 9.16. The molecule has 0 aliphatic rings. The SMILES string of the molecule is C[C@@H](NC(=O)C(C)(C)c1ccc([N+](=O)[O-])cc1)C(=O)O. The average Bonchev–Trinajstić information content (AvgIpc) is 2.38. The lowest BCUT2D eigenvalue weighted by molar-refractivity contribution is -0.384. The van der Waals surface area contributed by atoms with E-state index in [2.05, 4.69) is 5.32 Å². The number of aliphatic carboxylic acids is 1. The molecule has 0 aromatic heterocycles. The van der Waals surface area contributed by atoms with Crippen molar-refractivity contribution in [1.82, 2.24) is 5.32 Å². The molecule has 1 aromatic rings. The summed E-state index contributed by atoms with van der Waals surface area (Å²) in [4.78, 5) is 32.9. The van der Waals surface area contributed by atoms with Crippen molar-refractivity contribution in [2.45, 2.75) is 32.2 Å². The highest BCUT2D eigenvalue weighted by Gasteiger charge is 2.32. The normalized spacial score (nSPS) is 12.6. The van der Waals surface area contributed by atoms with Crippen LogP contribution in [0, 0.1) is 10.1 Å². The maximum atomic E-state index is 12.1. The summed E-state index contributed by atoms with van der Waals surface area (Å²) in [5, 5.41) is 21.7. The molecule has 2 N–H and O–H groups in total. The number of carboxylic acid groups (broad SMARTS) is 1. The quantitative estimate of drug-likeness (QED) is 0.626. The minimum Gasteiger partial charge on any atom is -0.480 e. The maximum Gasteiger partial charge on any atom is 0.325 e. The number of nitro benzene ring substituents is 1. The van der Waals surface area contributed by atoms with E-state index in [1.54, 1.807) is 13.8 Å². The molecular formula is C13H16N2O5. The first-order valence-electron chi connectivity index (χ1n) is 5.95. The first-order valence-corrected chi connectivity index (χ1v) is 5.95. The molecule has 0 fully saturated rings. The summed E-state index contributed by atoms with van der Waals surface area (Å²) < 4.78 is 0. The molecule has 1 amide bonds. The number of hydrogen-bond acceptors (Lipinski definition) is 4. The summed E-state index contributed by atoms with van der Waals surface area (Å²) in [6.07, 6.45) is 0. The zero-order valence-electron chi connectivity index (χ0n) is 11.4. The second-order valence-corrected chi connectivity index (χ2v) is 4.96. The number of nitro groups is 1. The van der Waals surface area contributed by atoms with Gasteiger partial charge in [0.05, 0.1) is 10.3 Å². The van der Waals surface area contributed by atoms with Crippen LogP contribution in [0.4, 0.5) is 5.69 Å². The van der Waals surface area contributed by atoms with Crippen molar-refractivity contribution in [3.8, 4) is 0 Å².